The predicted octanol–water partition coefficient (Wildman–Crippen LogP) is 3.31. The topological polar surface area (TPSA) is 32.3 Å². The maximum atomic E-state index is 12.1. The molecule has 110 valence electrons. The van der Waals surface area contributed by atoms with E-state index in [2.05, 4.69) is 5.32 Å². The average Bonchev–Trinajstić information content (AvgIpc) is 2.90. The number of nitrogens with zero attached hydrogens (tertiary/aromatic N) is 1. The molecular formula is C19H18N2O. The van der Waals surface area contributed by atoms with Crippen LogP contribution in [-0.2, 0) is 4.79 Å². The fourth-order valence-corrected chi connectivity index (χ4v) is 2.38. The van der Waals surface area contributed by atoms with Gasteiger partial charge in [0.25, 0.3) is 5.91 Å². The van der Waals surface area contributed by atoms with Crippen LogP contribution in [0.2, 0.25) is 0 Å². The Hall–Kier alpha value is -2.81. The number of amides is 1. The second kappa shape index (κ2) is 5.90. The summed E-state index contributed by atoms with van der Waals surface area (Å²) in [7, 11) is 4.01. The fraction of sp³-hybridized carbons (Fsp3) is 0.105. The van der Waals surface area contributed by atoms with Crippen molar-refractivity contribution in [2.24, 2.45) is 0 Å². The number of nitrogens with one attached hydrogen (secondary N) is 1. The summed E-state index contributed by atoms with van der Waals surface area (Å²) in [5.41, 5.74) is 4.69. The first-order valence-corrected chi connectivity index (χ1v) is 7.21. The van der Waals surface area contributed by atoms with Crippen LogP contribution in [0.25, 0.3) is 11.8 Å². The zero-order chi connectivity index (χ0) is 15.5. The first-order chi connectivity index (χ1) is 10.6. The van der Waals surface area contributed by atoms with Gasteiger partial charge in [0.15, 0.2) is 0 Å². The molecule has 0 bridgehead atoms. The standard InChI is InChI=1S/C19H18N2O/c1-21(2)17-10-8-14(9-11-17)12-16-13-18(20-19(16)22)15-6-4-3-5-7-15/h3-13H,1-2H3,(H,20,22). The normalized spacial score (nSPS) is 15.6. The van der Waals surface area contributed by atoms with E-state index < -0.39 is 0 Å². The molecule has 0 saturated carbocycles. The number of hydrogen-bond donors (Lipinski definition) is 1. The van der Waals surface area contributed by atoms with E-state index in [0.717, 1.165) is 22.5 Å². The molecule has 1 amide bonds. The summed E-state index contributed by atoms with van der Waals surface area (Å²) >= 11 is 0. The van der Waals surface area contributed by atoms with E-state index in [1.54, 1.807) is 0 Å². The zero-order valence-corrected chi connectivity index (χ0v) is 12.7. The van der Waals surface area contributed by atoms with E-state index in [-0.39, 0.29) is 5.91 Å². The van der Waals surface area contributed by atoms with Gasteiger partial charge < -0.3 is 10.2 Å². The molecule has 2 aromatic carbocycles. The molecule has 1 aliphatic heterocycles. The SMILES string of the molecule is CN(C)c1ccc(C=C2C=C(c3ccccc3)NC2=O)cc1. The van der Waals surface area contributed by atoms with Crippen molar-refractivity contribution in [2.45, 2.75) is 0 Å². The van der Waals surface area contributed by atoms with Crippen molar-refractivity contribution in [3.63, 3.8) is 0 Å². The van der Waals surface area contributed by atoms with Gasteiger partial charge in [0, 0.05) is 31.1 Å². The quantitative estimate of drug-likeness (QED) is 0.880. The molecule has 2 aromatic rings. The molecule has 3 nitrogen and oxygen atoms in total. The largest absolute Gasteiger partial charge is 0.378 e. The summed E-state index contributed by atoms with van der Waals surface area (Å²) < 4.78 is 0. The number of benzene rings is 2. The zero-order valence-electron chi connectivity index (χ0n) is 12.7. The molecule has 0 radical (unpaired) electrons. The van der Waals surface area contributed by atoms with Gasteiger partial charge in [0.05, 0.1) is 0 Å². The van der Waals surface area contributed by atoms with E-state index in [1.807, 2.05) is 85.7 Å². The Morgan fingerprint density at radius 1 is 0.955 bits per heavy atom. The van der Waals surface area contributed by atoms with E-state index in [4.69, 9.17) is 0 Å². The van der Waals surface area contributed by atoms with Gasteiger partial charge in [-0.05, 0) is 35.4 Å². The summed E-state index contributed by atoms with van der Waals surface area (Å²) in [4.78, 5) is 14.1. The molecule has 0 aliphatic carbocycles. The van der Waals surface area contributed by atoms with Crippen molar-refractivity contribution in [3.05, 3.63) is 77.4 Å². The molecular weight excluding hydrogens is 272 g/mol. The van der Waals surface area contributed by atoms with Gasteiger partial charge >= 0.3 is 0 Å². The van der Waals surface area contributed by atoms with Gasteiger partial charge in [-0.25, -0.2) is 0 Å². The molecule has 0 atom stereocenters. The summed E-state index contributed by atoms with van der Waals surface area (Å²) in [6, 6.07) is 18.0. The van der Waals surface area contributed by atoms with Crippen molar-refractivity contribution in [3.8, 4) is 0 Å². The number of carbonyl (C=O) groups is 1. The molecule has 0 fully saturated rings. The van der Waals surface area contributed by atoms with Crippen molar-refractivity contribution < 1.29 is 4.79 Å². The van der Waals surface area contributed by atoms with E-state index >= 15 is 0 Å². The Bertz CT molecular complexity index is 741. The van der Waals surface area contributed by atoms with E-state index in [9.17, 15) is 4.79 Å². The minimum Gasteiger partial charge on any atom is -0.378 e. The van der Waals surface area contributed by atoms with Crippen molar-refractivity contribution >= 4 is 23.4 Å². The van der Waals surface area contributed by atoms with Gasteiger partial charge in [0.1, 0.15) is 0 Å². The number of anilines is 1. The summed E-state index contributed by atoms with van der Waals surface area (Å²) in [6.07, 6.45) is 3.81. The van der Waals surface area contributed by atoms with Crippen LogP contribution in [0.4, 0.5) is 5.69 Å². The van der Waals surface area contributed by atoms with Gasteiger partial charge in [-0.2, -0.15) is 0 Å². The Morgan fingerprint density at radius 3 is 2.27 bits per heavy atom. The number of hydrogen-bond acceptors (Lipinski definition) is 2. The molecule has 22 heavy (non-hydrogen) atoms. The minimum atomic E-state index is -0.0597. The van der Waals surface area contributed by atoms with Crippen LogP contribution >= 0.6 is 0 Å². The summed E-state index contributed by atoms with van der Waals surface area (Å²) in [5, 5.41) is 2.92. The van der Waals surface area contributed by atoms with Crippen molar-refractivity contribution in [1.82, 2.24) is 5.32 Å². The summed E-state index contributed by atoms with van der Waals surface area (Å²) in [6.45, 7) is 0. The maximum Gasteiger partial charge on any atom is 0.255 e. The Labute approximate surface area is 130 Å². The van der Waals surface area contributed by atoms with Gasteiger partial charge in [-0.15, -0.1) is 0 Å². The van der Waals surface area contributed by atoms with Crippen LogP contribution < -0.4 is 10.2 Å². The molecule has 1 aliphatic rings. The Balaban J connectivity index is 1.87. The molecule has 0 unspecified atom stereocenters. The first-order valence-electron chi connectivity index (χ1n) is 7.21. The van der Waals surface area contributed by atoms with Crippen LogP contribution in [0.15, 0.2) is 66.2 Å². The highest BCUT2D eigenvalue weighted by atomic mass is 16.1. The van der Waals surface area contributed by atoms with Crippen LogP contribution in [0, 0.1) is 0 Å². The highest BCUT2D eigenvalue weighted by Gasteiger charge is 2.18. The molecule has 1 N–H and O–H groups in total. The average molecular weight is 290 g/mol. The van der Waals surface area contributed by atoms with E-state index in [1.165, 1.54) is 0 Å². The van der Waals surface area contributed by atoms with Crippen LogP contribution in [0.1, 0.15) is 11.1 Å². The van der Waals surface area contributed by atoms with Gasteiger partial charge in [-0.3, -0.25) is 4.79 Å². The number of rotatable bonds is 3. The summed E-state index contributed by atoms with van der Waals surface area (Å²) in [5.74, 6) is -0.0597. The van der Waals surface area contributed by atoms with Crippen LogP contribution in [0.3, 0.4) is 0 Å². The smallest absolute Gasteiger partial charge is 0.255 e. The third-order valence-corrected chi connectivity index (χ3v) is 3.63. The number of carbonyl (C=O) groups excluding carboxylic acids is 1. The van der Waals surface area contributed by atoms with E-state index in [0.29, 0.717) is 5.57 Å². The lowest BCUT2D eigenvalue weighted by Crippen LogP contribution is -2.15. The maximum absolute atomic E-state index is 12.1. The molecule has 1 heterocycles. The lowest BCUT2D eigenvalue weighted by Gasteiger charge is -2.11. The fourth-order valence-electron chi connectivity index (χ4n) is 2.38. The van der Waals surface area contributed by atoms with Gasteiger partial charge in [0.2, 0.25) is 0 Å². The Morgan fingerprint density at radius 2 is 1.64 bits per heavy atom. The predicted molar refractivity (Wildman–Crippen MR) is 91.3 cm³/mol. The third kappa shape index (κ3) is 2.93. The second-order valence-corrected chi connectivity index (χ2v) is 5.46. The van der Waals surface area contributed by atoms with Crippen molar-refractivity contribution in [2.75, 3.05) is 19.0 Å². The van der Waals surface area contributed by atoms with Gasteiger partial charge in [-0.1, -0.05) is 42.5 Å². The molecule has 3 rings (SSSR count). The van der Waals surface area contributed by atoms with Crippen LogP contribution in [0.5, 0.6) is 0 Å². The second-order valence-electron chi connectivity index (χ2n) is 5.46. The lowest BCUT2D eigenvalue weighted by atomic mass is 10.1. The molecule has 0 aromatic heterocycles. The highest BCUT2D eigenvalue weighted by molar-refractivity contribution is 6.10. The van der Waals surface area contributed by atoms with Crippen molar-refractivity contribution in [1.29, 1.82) is 0 Å². The molecule has 0 saturated heterocycles. The molecule has 3 heteroatoms. The Kier molecular flexibility index (Phi) is 3.79. The molecule has 0 spiro atoms. The monoisotopic (exact) mass is 290 g/mol. The minimum absolute atomic E-state index is 0.0597. The first kappa shape index (κ1) is 14.1. The third-order valence-electron chi connectivity index (χ3n) is 3.63. The van der Waals surface area contributed by atoms with Crippen LogP contribution in [-0.4, -0.2) is 20.0 Å². The lowest BCUT2D eigenvalue weighted by molar-refractivity contribution is -0.115. The highest BCUT2D eigenvalue weighted by Crippen LogP contribution is 2.22.